The number of nitrogens with one attached hydrogen (secondary N) is 3. The second kappa shape index (κ2) is 8.26. The third-order valence-corrected chi connectivity index (χ3v) is 5.23. The molecule has 0 aliphatic rings. The molecule has 3 aromatic heterocycles. The molecular weight excluding hydrogens is 430 g/mol. The minimum atomic E-state index is -0.712. The summed E-state index contributed by atoms with van der Waals surface area (Å²) >= 11 is 0. The van der Waals surface area contributed by atoms with Crippen molar-refractivity contribution >= 4 is 33.6 Å². The third-order valence-electron chi connectivity index (χ3n) is 5.23. The highest BCUT2D eigenvalue weighted by Gasteiger charge is 2.23. The minimum absolute atomic E-state index is 0.0462. The van der Waals surface area contributed by atoms with Crippen molar-refractivity contribution in [2.24, 2.45) is 0 Å². The number of rotatable bonds is 6. The summed E-state index contributed by atoms with van der Waals surface area (Å²) in [5.41, 5.74) is 3.36. The van der Waals surface area contributed by atoms with Crippen LogP contribution in [-0.4, -0.2) is 29.6 Å². The summed E-state index contributed by atoms with van der Waals surface area (Å²) in [6, 6.07) is 9.55. The van der Waals surface area contributed by atoms with Crippen molar-refractivity contribution in [3.63, 3.8) is 0 Å². The molecule has 0 saturated carbocycles. The smallest absolute Gasteiger partial charge is 0.283 e. The molecule has 5 aromatic rings. The molecule has 3 heterocycles. The van der Waals surface area contributed by atoms with Crippen LogP contribution >= 0.6 is 0 Å². The van der Waals surface area contributed by atoms with Crippen molar-refractivity contribution in [2.45, 2.75) is 19.4 Å². The first kappa shape index (κ1) is 20.5. The number of H-pyrrole nitrogens is 1. The number of anilines is 2. The maximum atomic E-state index is 14.5. The number of fused-ring (bicyclic) bond motifs is 2. The molecule has 11 heteroatoms. The number of halogens is 2. The molecule has 0 bridgehead atoms. The van der Waals surface area contributed by atoms with Crippen LogP contribution in [0, 0.1) is 11.6 Å². The molecule has 2 aromatic carbocycles. The number of para-hydroxylation sites is 1. The van der Waals surface area contributed by atoms with Crippen molar-refractivity contribution in [3.05, 3.63) is 82.9 Å². The highest BCUT2D eigenvalue weighted by atomic mass is 19.1. The first-order valence-electron chi connectivity index (χ1n) is 10.2. The van der Waals surface area contributed by atoms with Crippen molar-refractivity contribution in [3.8, 4) is 0 Å². The molecule has 3 N–H and O–H groups in total. The predicted octanol–water partition coefficient (Wildman–Crippen LogP) is 3.78. The van der Waals surface area contributed by atoms with Gasteiger partial charge in [-0.15, -0.1) is 0 Å². The molecule has 0 spiro atoms. The van der Waals surface area contributed by atoms with E-state index in [9.17, 15) is 13.6 Å². The minimum Gasteiger partial charge on any atom is -0.358 e. The zero-order valence-electron chi connectivity index (χ0n) is 17.4. The summed E-state index contributed by atoms with van der Waals surface area (Å²) in [5.74, 6) is -0.625. The molecule has 0 aliphatic heterocycles. The Morgan fingerprint density at radius 2 is 1.88 bits per heavy atom. The molecule has 0 aliphatic carbocycles. The van der Waals surface area contributed by atoms with Gasteiger partial charge in [0.05, 0.1) is 23.6 Å². The molecule has 9 nitrogen and oxygen atoms in total. The van der Waals surface area contributed by atoms with Crippen LogP contribution in [0.1, 0.15) is 25.2 Å². The van der Waals surface area contributed by atoms with Crippen LogP contribution in [0.4, 0.5) is 20.3 Å². The van der Waals surface area contributed by atoms with Crippen molar-refractivity contribution in [1.82, 2.24) is 29.6 Å². The summed E-state index contributed by atoms with van der Waals surface area (Å²) in [6.45, 7) is 1.88. The number of benzene rings is 2. The number of hydrogen-bond donors (Lipinski definition) is 3. The largest absolute Gasteiger partial charge is 0.358 e. The number of nitrogens with zero attached hydrogens (tertiary/aromatic N) is 5. The second-order valence-electron chi connectivity index (χ2n) is 7.26. The molecule has 1 atom stereocenters. The van der Waals surface area contributed by atoms with E-state index in [0.29, 0.717) is 23.4 Å². The summed E-state index contributed by atoms with van der Waals surface area (Å²) < 4.78 is 30.0. The molecular formula is C22H18F2N8O. The molecule has 0 amide bonds. The summed E-state index contributed by atoms with van der Waals surface area (Å²) in [6.07, 6.45) is 3.35. The molecule has 0 saturated heterocycles. The SMILES string of the molecule is CC[C@H](Nc1ncnc2[nH]cnc12)c1nc2cccc(F)c2c(=O)n1Nc1ccccc1F. The van der Waals surface area contributed by atoms with Gasteiger partial charge in [-0.1, -0.05) is 25.1 Å². The number of aromatic nitrogens is 6. The average Bonchev–Trinajstić information content (AvgIpc) is 3.30. The van der Waals surface area contributed by atoms with E-state index >= 15 is 0 Å². The maximum Gasteiger partial charge on any atom is 0.283 e. The van der Waals surface area contributed by atoms with Crippen LogP contribution < -0.4 is 16.3 Å². The van der Waals surface area contributed by atoms with Gasteiger partial charge in [0.1, 0.15) is 28.9 Å². The van der Waals surface area contributed by atoms with Gasteiger partial charge in [-0.3, -0.25) is 10.2 Å². The number of aromatic amines is 1. The van der Waals surface area contributed by atoms with Gasteiger partial charge in [-0.25, -0.2) is 33.4 Å². The lowest BCUT2D eigenvalue weighted by atomic mass is 10.1. The van der Waals surface area contributed by atoms with E-state index in [2.05, 4.69) is 35.7 Å². The molecule has 0 radical (unpaired) electrons. The summed E-state index contributed by atoms with van der Waals surface area (Å²) in [7, 11) is 0. The lowest BCUT2D eigenvalue weighted by Crippen LogP contribution is -2.34. The van der Waals surface area contributed by atoms with E-state index in [-0.39, 0.29) is 22.4 Å². The first-order valence-corrected chi connectivity index (χ1v) is 10.2. The summed E-state index contributed by atoms with van der Waals surface area (Å²) in [4.78, 5) is 33.4. The van der Waals surface area contributed by atoms with Crippen LogP contribution in [0.3, 0.4) is 0 Å². The maximum absolute atomic E-state index is 14.5. The lowest BCUT2D eigenvalue weighted by molar-refractivity contribution is 0.609. The van der Waals surface area contributed by atoms with Gasteiger partial charge in [0.15, 0.2) is 17.3 Å². The average molecular weight is 448 g/mol. The Bertz CT molecular complexity index is 1530. The highest BCUT2D eigenvalue weighted by molar-refractivity contribution is 5.82. The van der Waals surface area contributed by atoms with Gasteiger partial charge in [0, 0.05) is 0 Å². The van der Waals surface area contributed by atoms with E-state index in [1.54, 1.807) is 12.1 Å². The van der Waals surface area contributed by atoms with E-state index in [1.807, 2.05) is 6.92 Å². The van der Waals surface area contributed by atoms with Crippen molar-refractivity contribution < 1.29 is 8.78 Å². The molecule has 166 valence electrons. The van der Waals surface area contributed by atoms with E-state index in [0.717, 1.165) is 4.68 Å². The quantitative estimate of drug-likeness (QED) is 0.362. The van der Waals surface area contributed by atoms with Crippen LogP contribution in [0.25, 0.3) is 22.1 Å². The van der Waals surface area contributed by atoms with E-state index < -0.39 is 23.2 Å². The standard InChI is InChI=1S/C22H18F2N8O/c1-2-14(29-20-18-19(26-10-25-18)27-11-28-20)21-30-16-9-5-7-13(24)17(16)22(33)32(21)31-15-8-4-3-6-12(15)23/h3-11,14,31H,2H2,1H3,(H2,25,26,27,28,29)/t14-/m0/s1. The van der Waals surface area contributed by atoms with Crippen LogP contribution in [0.2, 0.25) is 0 Å². The second-order valence-corrected chi connectivity index (χ2v) is 7.26. The summed E-state index contributed by atoms with van der Waals surface area (Å²) in [5, 5.41) is 3.04. The normalized spacial score (nSPS) is 12.2. The topological polar surface area (TPSA) is 113 Å². The number of hydrogen-bond acceptors (Lipinski definition) is 7. The van der Waals surface area contributed by atoms with Gasteiger partial charge in [-0.2, -0.15) is 0 Å². The van der Waals surface area contributed by atoms with Crippen LogP contribution in [-0.2, 0) is 0 Å². The Balaban J connectivity index is 1.69. The zero-order chi connectivity index (χ0) is 22.9. The third kappa shape index (κ3) is 3.63. The van der Waals surface area contributed by atoms with Crippen LogP contribution in [0.5, 0.6) is 0 Å². The van der Waals surface area contributed by atoms with Gasteiger partial charge >= 0.3 is 0 Å². The Labute approximate surface area is 185 Å². The van der Waals surface area contributed by atoms with Crippen molar-refractivity contribution in [2.75, 3.05) is 10.7 Å². The Hall–Kier alpha value is -4.41. The predicted molar refractivity (Wildman–Crippen MR) is 120 cm³/mol. The Kier molecular flexibility index (Phi) is 5.13. The van der Waals surface area contributed by atoms with Gasteiger partial charge in [0.25, 0.3) is 5.56 Å². The molecule has 33 heavy (non-hydrogen) atoms. The lowest BCUT2D eigenvalue weighted by Gasteiger charge is -2.23. The van der Waals surface area contributed by atoms with E-state index in [1.165, 1.54) is 43.0 Å². The van der Waals surface area contributed by atoms with Gasteiger partial charge in [-0.05, 0) is 30.7 Å². The molecule has 0 fully saturated rings. The van der Waals surface area contributed by atoms with Crippen LogP contribution in [0.15, 0.2) is 59.9 Å². The Morgan fingerprint density at radius 1 is 1.06 bits per heavy atom. The zero-order valence-corrected chi connectivity index (χ0v) is 17.4. The Morgan fingerprint density at radius 3 is 2.70 bits per heavy atom. The fourth-order valence-corrected chi connectivity index (χ4v) is 3.61. The molecule has 5 rings (SSSR count). The molecule has 0 unspecified atom stereocenters. The van der Waals surface area contributed by atoms with Gasteiger partial charge in [0.2, 0.25) is 0 Å². The fourth-order valence-electron chi connectivity index (χ4n) is 3.61. The van der Waals surface area contributed by atoms with E-state index in [4.69, 9.17) is 0 Å². The van der Waals surface area contributed by atoms with Gasteiger partial charge < -0.3 is 10.3 Å². The highest BCUT2D eigenvalue weighted by Crippen LogP contribution is 2.25. The fraction of sp³-hybridized carbons (Fsp3) is 0.136. The van der Waals surface area contributed by atoms with Crippen molar-refractivity contribution in [1.29, 1.82) is 0 Å². The first-order chi connectivity index (χ1) is 16.1. The monoisotopic (exact) mass is 448 g/mol. The number of imidazole rings is 1.